The molecule has 0 aliphatic carbocycles. The highest BCUT2D eigenvalue weighted by Crippen LogP contribution is 2.25. The van der Waals surface area contributed by atoms with Crippen LogP contribution in [0, 0.1) is 0 Å². The van der Waals surface area contributed by atoms with Crippen molar-refractivity contribution >= 4 is 11.8 Å². The van der Waals surface area contributed by atoms with Gasteiger partial charge >= 0.3 is 0 Å². The summed E-state index contributed by atoms with van der Waals surface area (Å²) < 4.78 is 0. The van der Waals surface area contributed by atoms with E-state index < -0.39 is 0 Å². The van der Waals surface area contributed by atoms with Gasteiger partial charge in [-0.3, -0.25) is 0 Å². The summed E-state index contributed by atoms with van der Waals surface area (Å²) in [5.41, 5.74) is 1.47. The summed E-state index contributed by atoms with van der Waals surface area (Å²) in [4.78, 5) is 3.21. The molecule has 0 bridgehead atoms. The number of hydrogen-bond donors (Lipinski definition) is 0. The second-order valence-corrected chi connectivity index (χ2v) is 3.23. The van der Waals surface area contributed by atoms with Crippen molar-refractivity contribution in [3.8, 4) is 0 Å². The van der Waals surface area contributed by atoms with E-state index in [9.17, 15) is 0 Å². The predicted octanol–water partition coefficient (Wildman–Crippen LogP) is 1.15. The molecule has 46 valence electrons. The van der Waals surface area contributed by atoms with Gasteiger partial charge in [0.25, 0.3) is 0 Å². The number of pyridine rings is 1. The van der Waals surface area contributed by atoms with Crippen LogP contribution in [0.25, 0.3) is 0 Å². The Morgan fingerprint density at radius 1 is 1.56 bits per heavy atom. The molecule has 2 rings (SSSR count). The number of nitrogens with one attached hydrogen (secondary N) is 1. The van der Waals surface area contributed by atoms with Gasteiger partial charge in [-0.1, -0.05) is 11.8 Å². The zero-order valence-corrected chi connectivity index (χ0v) is 5.87. The molecule has 1 aromatic rings. The Balaban J connectivity index is 2.54. The minimum Gasteiger partial charge on any atom is -0.206 e. The molecule has 1 aliphatic heterocycles. The number of H-pyrrole nitrogens is 1. The summed E-state index contributed by atoms with van der Waals surface area (Å²) in [6, 6.07) is 4.25. The van der Waals surface area contributed by atoms with E-state index in [1.54, 1.807) is 0 Å². The first kappa shape index (κ1) is 5.30. The maximum atomic E-state index is 3.21. The second kappa shape index (κ2) is 2.03. The normalized spacial score (nSPS) is 15.6. The van der Waals surface area contributed by atoms with Gasteiger partial charge in [0.15, 0.2) is 6.20 Å². The van der Waals surface area contributed by atoms with Gasteiger partial charge in [0.05, 0.1) is 0 Å². The standard InChI is InChI=1S/C7H7NS/c1-2-6-3-5-9-7(6)8-4-1/h1-2,4H,3,5H2/p+1. The molecule has 1 aliphatic rings. The number of rotatable bonds is 0. The number of fused-ring (bicyclic) bond motifs is 1. The van der Waals surface area contributed by atoms with Crippen molar-refractivity contribution in [2.75, 3.05) is 5.75 Å². The van der Waals surface area contributed by atoms with Crippen molar-refractivity contribution in [1.29, 1.82) is 0 Å². The first-order chi connectivity index (χ1) is 4.47. The number of aromatic amines is 1. The van der Waals surface area contributed by atoms with Gasteiger partial charge < -0.3 is 0 Å². The van der Waals surface area contributed by atoms with Crippen molar-refractivity contribution < 1.29 is 4.98 Å². The molecule has 1 aromatic heterocycles. The Bertz CT molecular complexity index is 199. The van der Waals surface area contributed by atoms with Crippen LogP contribution >= 0.6 is 11.8 Å². The van der Waals surface area contributed by atoms with Gasteiger partial charge in [-0.25, -0.2) is 4.98 Å². The first-order valence-electron chi connectivity index (χ1n) is 3.09. The highest BCUT2D eigenvalue weighted by molar-refractivity contribution is 7.99. The summed E-state index contributed by atoms with van der Waals surface area (Å²) in [6.45, 7) is 0. The van der Waals surface area contributed by atoms with Gasteiger partial charge in [0, 0.05) is 17.4 Å². The minimum atomic E-state index is 1.23. The van der Waals surface area contributed by atoms with E-state index >= 15 is 0 Å². The molecule has 0 aromatic carbocycles. The van der Waals surface area contributed by atoms with Crippen LogP contribution in [0.1, 0.15) is 5.56 Å². The molecule has 2 heteroatoms. The Kier molecular flexibility index (Phi) is 1.19. The van der Waals surface area contributed by atoms with E-state index in [0.29, 0.717) is 0 Å². The lowest BCUT2D eigenvalue weighted by molar-refractivity contribution is -0.427. The average Bonchev–Trinajstić information content (AvgIpc) is 2.33. The summed E-state index contributed by atoms with van der Waals surface area (Å²) in [5.74, 6) is 1.25. The lowest BCUT2D eigenvalue weighted by Crippen LogP contribution is -2.03. The fourth-order valence-corrected chi connectivity index (χ4v) is 2.08. The van der Waals surface area contributed by atoms with Gasteiger partial charge in [-0.2, -0.15) is 0 Å². The zero-order valence-electron chi connectivity index (χ0n) is 5.05. The Morgan fingerprint density at radius 3 is 3.44 bits per heavy atom. The van der Waals surface area contributed by atoms with Crippen molar-refractivity contribution in [1.82, 2.24) is 0 Å². The van der Waals surface area contributed by atoms with Crippen LogP contribution in [0.2, 0.25) is 0 Å². The first-order valence-corrected chi connectivity index (χ1v) is 4.08. The Labute approximate surface area is 58.5 Å². The molecule has 0 atom stereocenters. The molecule has 0 fully saturated rings. The third-order valence-corrected chi connectivity index (χ3v) is 2.59. The maximum Gasteiger partial charge on any atom is 0.241 e. The van der Waals surface area contributed by atoms with Crippen molar-refractivity contribution in [2.24, 2.45) is 0 Å². The van der Waals surface area contributed by atoms with Crippen molar-refractivity contribution in [3.63, 3.8) is 0 Å². The van der Waals surface area contributed by atoms with E-state index in [2.05, 4.69) is 17.1 Å². The van der Waals surface area contributed by atoms with E-state index in [4.69, 9.17) is 0 Å². The number of thioether (sulfide) groups is 1. The fraction of sp³-hybridized carbons (Fsp3) is 0.286. The number of hydrogen-bond acceptors (Lipinski definition) is 1. The van der Waals surface area contributed by atoms with Gasteiger partial charge in [0.2, 0.25) is 5.03 Å². The lowest BCUT2D eigenvalue weighted by Gasteiger charge is -1.84. The smallest absolute Gasteiger partial charge is 0.206 e. The fourth-order valence-electron chi connectivity index (χ4n) is 1.05. The van der Waals surface area contributed by atoms with E-state index in [1.165, 1.54) is 22.8 Å². The summed E-state index contributed by atoms with van der Waals surface area (Å²) in [7, 11) is 0. The molecule has 0 unspecified atom stereocenters. The quantitative estimate of drug-likeness (QED) is 0.524. The molecule has 2 heterocycles. The van der Waals surface area contributed by atoms with Crippen LogP contribution < -0.4 is 4.98 Å². The summed E-state index contributed by atoms with van der Waals surface area (Å²) in [6.07, 6.45) is 3.22. The monoisotopic (exact) mass is 138 g/mol. The highest BCUT2D eigenvalue weighted by Gasteiger charge is 2.15. The second-order valence-electron chi connectivity index (χ2n) is 2.12. The van der Waals surface area contributed by atoms with E-state index in [-0.39, 0.29) is 0 Å². The average molecular weight is 138 g/mol. The molecule has 0 radical (unpaired) electrons. The Morgan fingerprint density at radius 2 is 2.56 bits per heavy atom. The predicted molar refractivity (Wildman–Crippen MR) is 37.4 cm³/mol. The summed E-state index contributed by atoms with van der Waals surface area (Å²) in [5, 5.41) is 1.36. The van der Waals surface area contributed by atoms with Gasteiger partial charge in [-0.15, -0.1) is 0 Å². The topological polar surface area (TPSA) is 14.1 Å². The van der Waals surface area contributed by atoms with E-state index in [1.807, 2.05) is 18.0 Å². The highest BCUT2D eigenvalue weighted by atomic mass is 32.2. The van der Waals surface area contributed by atoms with Crippen molar-refractivity contribution in [2.45, 2.75) is 11.4 Å². The molecular weight excluding hydrogens is 130 g/mol. The van der Waals surface area contributed by atoms with Crippen LogP contribution in [0.15, 0.2) is 23.4 Å². The lowest BCUT2D eigenvalue weighted by atomic mass is 10.2. The molecule has 0 saturated heterocycles. The minimum absolute atomic E-state index is 1.23. The maximum absolute atomic E-state index is 3.21. The number of aryl methyl sites for hydroxylation is 1. The molecule has 1 N–H and O–H groups in total. The third-order valence-electron chi connectivity index (χ3n) is 1.52. The largest absolute Gasteiger partial charge is 0.241 e. The molecule has 9 heavy (non-hydrogen) atoms. The molecule has 0 saturated carbocycles. The van der Waals surface area contributed by atoms with Crippen LogP contribution in [0.5, 0.6) is 0 Å². The van der Waals surface area contributed by atoms with Crippen LogP contribution in [0.3, 0.4) is 0 Å². The van der Waals surface area contributed by atoms with Gasteiger partial charge in [-0.05, 0) is 12.5 Å². The molecule has 0 amide bonds. The molecule has 1 nitrogen and oxygen atoms in total. The van der Waals surface area contributed by atoms with Crippen molar-refractivity contribution in [3.05, 3.63) is 23.9 Å². The molecule has 0 spiro atoms. The third kappa shape index (κ3) is 0.833. The van der Waals surface area contributed by atoms with Crippen LogP contribution in [-0.2, 0) is 6.42 Å². The summed E-state index contributed by atoms with van der Waals surface area (Å²) >= 11 is 1.91. The Hall–Kier alpha value is -0.500. The molecular formula is C7H8NS+. The SMILES string of the molecule is c1c[nH+]c2c(c1)CCS2. The van der Waals surface area contributed by atoms with Crippen LogP contribution in [0.4, 0.5) is 0 Å². The number of aromatic nitrogens is 1. The van der Waals surface area contributed by atoms with E-state index in [0.717, 1.165) is 0 Å². The zero-order chi connectivity index (χ0) is 6.10. The van der Waals surface area contributed by atoms with Crippen LogP contribution in [-0.4, -0.2) is 5.75 Å². The van der Waals surface area contributed by atoms with Gasteiger partial charge in [0.1, 0.15) is 0 Å².